The first-order valence-corrected chi connectivity index (χ1v) is 8.57. The highest BCUT2D eigenvalue weighted by molar-refractivity contribution is 5.83. The minimum atomic E-state index is -0.196. The van der Waals surface area contributed by atoms with E-state index in [1.165, 1.54) is 0 Å². The lowest BCUT2D eigenvalue weighted by atomic mass is 9.99. The van der Waals surface area contributed by atoms with Gasteiger partial charge >= 0.3 is 5.63 Å². The summed E-state index contributed by atoms with van der Waals surface area (Å²) in [5, 5.41) is 0.996. The number of carbonyl (C=O) groups is 1. The second-order valence-electron chi connectivity index (χ2n) is 6.85. The summed E-state index contributed by atoms with van der Waals surface area (Å²) in [6.07, 6.45) is 4.21. The van der Waals surface area contributed by atoms with Crippen LogP contribution in [0.25, 0.3) is 11.0 Å². The molecule has 5 nitrogen and oxygen atoms in total. The van der Waals surface area contributed by atoms with Crippen molar-refractivity contribution in [2.24, 2.45) is 5.92 Å². The number of rotatable bonds is 3. The summed E-state index contributed by atoms with van der Waals surface area (Å²) in [5.41, 5.74) is 2.39. The van der Waals surface area contributed by atoms with Crippen LogP contribution in [-0.2, 0) is 17.6 Å². The molecule has 24 heavy (non-hydrogen) atoms. The van der Waals surface area contributed by atoms with E-state index in [9.17, 15) is 9.59 Å². The normalized spacial score (nSPS) is 20.5. The Morgan fingerprint density at radius 1 is 1.21 bits per heavy atom. The molecule has 1 aliphatic carbocycles. The van der Waals surface area contributed by atoms with Gasteiger partial charge in [-0.2, -0.15) is 0 Å². The average Bonchev–Trinajstić information content (AvgIpc) is 3.07. The van der Waals surface area contributed by atoms with Crippen molar-refractivity contribution in [1.82, 2.24) is 4.90 Å². The number of nitrogens with zero attached hydrogens (tertiary/aromatic N) is 1. The first-order chi connectivity index (χ1) is 11.6. The van der Waals surface area contributed by atoms with Crippen LogP contribution in [0.1, 0.15) is 30.4 Å². The Hall–Kier alpha value is -2.30. The zero-order chi connectivity index (χ0) is 16.7. The van der Waals surface area contributed by atoms with E-state index in [2.05, 4.69) is 0 Å². The van der Waals surface area contributed by atoms with E-state index in [1.54, 1.807) is 4.90 Å². The maximum absolute atomic E-state index is 12.0. The number of ether oxygens (including phenoxy) is 1. The Bertz CT molecular complexity index is 854. The van der Waals surface area contributed by atoms with Crippen molar-refractivity contribution in [1.29, 1.82) is 0 Å². The van der Waals surface area contributed by atoms with Gasteiger partial charge in [0.25, 0.3) is 0 Å². The predicted octanol–water partition coefficient (Wildman–Crippen LogP) is 2.53. The molecule has 1 atom stereocenters. The lowest BCUT2D eigenvalue weighted by molar-refractivity contribution is -0.133. The van der Waals surface area contributed by atoms with E-state index in [-0.39, 0.29) is 11.5 Å². The minimum Gasteiger partial charge on any atom is -0.493 e. The highest BCUT2D eigenvalue weighted by Gasteiger charge is 2.24. The molecular weight excluding hydrogens is 306 g/mol. The number of fused-ring (bicyclic) bond motifs is 3. The van der Waals surface area contributed by atoms with Gasteiger partial charge in [-0.05, 0) is 49.4 Å². The smallest absolute Gasteiger partial charge is 0.339 e. The molecule has 0 N–H and O–H groups in total. The third-order valence-electron chi connectivity index (χ3n) is 5.15. The standard InChI is InChI=1S/C19H21NO4/c1-20-10-12(5-8-18(20)21)11-23-13-6-7-17-16(9-13)14-3-2-4-15(14)19(22)24-17/h6-7,9,12H,2-5,8,10-11H2,1H3. The fourth-order valence-electron chi connectivity index (χ4n) is 3.80. The van der Waals surface area contributed by atoms with Crippen LogP contribution in [-0.4, -0.2) is 31.0 Å². The molecule has 0 bridgehead atoms. The topological polar surface area (TPSA) is 59.8 Å². The van der Waals surface area contributed by atoms with E-state index >= 15 is 0 Å². The summed E-state index contributed by atoms with van der Waals surface area (Å²) >= 11 is 0. The lowest BCUT2D eigenvalue weighted by Gasteiger charge is -2.29. The molecule has 4 rings (SSSR count). The van der Waals surface area contributed by atoms with Crippen molar-refractivity contribution in [2.75, 3.05) is 20.2 Å². The number of aryl methyl sites for hydroxylation is 1. The van der Waals surface area contributed by atoms with Gasteiger partial charge in [0.05, 0.1) is 6.61 Å². The molecule has 1 saturated heterocycles. The molecule has 0 saturated carbocycles. The van der Waals surface area contributed by atoms with Crippen LogP contribution in [0.4, 0.5) is 0 Å². The molecule has 126 valence electrons. The summed E-state index contributed by atoms with van der Waals surface area (Å²) in [4.78, 5) is 25.3. The quantitative estimate of drug-likeness (QED) is 0.813. The van der Waals surface area contributed by atoms with Gasteiger partial charge in [0.15, 0.2) is 0 Å². The largest absolute Gasteiger partial charge is 0.493 e. The lowest BCUT2D eigenvalue weighted by Crippen LogP contribution is -2.38. The maximum Gasteiger partial charge on any atom is 0.339 e. The molecule has 1 fully saturated rings. The number of hydrogen-bond donors (Lipinski definition) is 0. The van der Waals surface area contributed by atoms with Crippen LogP contribution in [0.2, 0.25) is 0 Å². The molecule has 0 spiro atoms. The first kappa shape index (κ1) is 15.2. The number of benzene rings is 1. The zero-order valence-electron chi connectivity index (χ0n) is 13.8. The molecule has 5 heteroatoms. The molecule has 1 unspecified atom stereocenters. The fourth-order valence-corrected chi connectivity index (χ4v) is 3.80. The molecule has 1 amide bonds. The van der Waals surface area contributed by atoms with Gasteiger partial charge in [-0.15, -0.1) is 0 Å². The second-order valence-corrected chi connectivity index (χ2v) is 6.85. The zero-order valence-corrected chi connectivity index (χ0v) is 13.8. The van der Waals surface area contributed by atoms with Crippen molar-refractivity contribution in [3.8, 4) is 5.75 Å². The SMILES string of the molecule is CN1CC(COc2ccc3oc(=O)c4c(c3c2)CCC4)CCC1=O. The Kier molecular flexibility index (Phi) is 3.79. The Morgan fingerprint density at radius 2 is 2.04 bits per heavy atom. The van der Waals surface area contributed by atoms with E-state index < -0.39 is 0 Å². The van der Waals surface area contributed by atoms with Gasteiger partial charge < -0.3 is 14.1 Å². The van der Waals surface area contributed by atoms with Crippen LogP contribution in [0.5, 0.6) is 5.75 Å². The highest BCUT2D eigenvalue weighted by atomic mass is 16.5. The molecule has 2 aliphatic rings. The van der Waals surface area contributed by atoms with Crippen LogP contribution in [0, 0.1) is 5.92 Å². The Labute approximate surface area is 140 Å². The monoisotopic (exact) mass is 327 g/mol. The number of carbonyl (C=O) groups excluding carboxylic acids is 1. The summed E-state index contributed by atoms with van der Waals surface area (Å²) in [7, 11) is 1.84. The van der Waals surface area contributed by atoms with Crippen molar-refractivity contribution < 1.29 is 13.9 Å². The fraction of sp³-hybridized carbons (Fsp3) is 0.474. The van der Waals surface area contributed by atoms with E-state index in [4.69, 9.17) is 9.15 Å². The van der Waals surface area contributed by atoms with Crippen molar-refractivity contribution in [2.45, 2.75) is 32.1 Å². The Balaban J connectivity index is 1.54. The van der Waals surface area contributed by atoms with Crippen LogP contribution in [0.15, 0.2) is 27.4 Å². The summed E-state index contributed by atoms with van der Waals surface area (Å²) in [6, 6.07) is 5.66. The third-order valence-corrected chi connectivity index (χ3v) is 5.15. The summed E-state index contributed by atoms with van der Waals surface area (Å²) < 4.78 is 11.4. The number of likely N-dealkylation sites (tertiary alicyclic amines) is 1. The van der Waals surface area contributed by atoms with Crippen molar-refractivity contribution in [3.05, 3.63) is 39.7 Å². The maximum atomic E-state index is 12.0. The van der Waals surface area contributed by atoms with Gasteiger partial charge in [0, 0.05) is 36.9 Å². The van der Waals surface area contributed by atoms with E-state index in [0.717, 1.165) is 54.5 Å². The summed E-state index contributed by atoms with van der Waals surface area (Å²) in [6.45, 7) is 1.35. The minimum absolute atomic E-state index is 0.196. The summed E-state index contributed by atoms with van der Waals surface area (Å²) in [5.74, 6) is 1.37. The van der Waals surface area contributed by atoms with E-state index in [0.29, 0.717) is 24.5 Å². The molecule has 1 aromatic heterocycles. The number of hydrogen-bond acceptors (Lipinski definition) is 4. The molecule has 1 aromatic carbocycles. The van der Waals surface area contributed by atoms with Gasteiger partial charge in [0.1, 0.15) is 11.3 Å². The van der Waals surface area contributed by atoms with Gasteiger partial charge in [0.2, 0.25) is 5.91 Å². The van der Waals surface area contributed by atoms with Crippen LogP contribution < -0.4 is 10.4 Å². The Morgan fingerprint density at radius 3 is 2.88 bits per heavy atom. The molecule has 0 radical (unpaired) electrons. The van der Waals surface area contributed by atoms with Crippen LogP contribution >= 0.6 is 0 Å². The van der Waals surface area contributed by atoms with Gasteiger partial charge in [-0.3, -0.25) is 4.79 Å². The van der Waals surface area contributed by atoms with Crippen molar-refractivity contribution >= 4 is 16.9 Å². The molecule has 1 aliphatic heterocycles. The van der Waals surface area contributed by atoms with Crippen molar-refractivity contribution in [3.63, 3.8) is 0 Å². The molecule has 2 aromatic rings. The molecule has 2 heterocycles. The van der Waals surface area contributed by atoms with Gasteiger partial charge in [-0.25, -0.2) is 4.79 Å². The second kappa shape index (κ2) is 5.96. The average molecular weight is 327 g/mol. The van der Waals surface area contributed by atoms with E-state index in [1.807, 2.05) is 25.2 Å². The number of piperidine rings is 1. The third kappa shape index (κ3) is 2.68. The highest BCUT2D eigenvalue weighted by Crippen LogP contribution is 2.30. The molecular formula is C19H21NO4. The first-order valence-electron chi connectivity index (χ1n) is 8.57. The number of amides is 1. The van der Waals surface area contributed by atoms with Crippen LogP contribution in [0.3, 0.4) is 0 Å². The predicted molar refractivity (Wildman–Crippen MR) is 90.4 cm³/mol. The van der Waals surface area contributed by atoms with Gasteiger partial charge in [-0.1, -0.05) is 0 Å².